The highest BCUT2D eigenvalue weighted by molar-refractivity contribution is 6.40. The zero-order chi connectivity index (χ0) is 19.1. The highest BCUT2D eigenvalue weighted by atomic mass is 19.3. The Balaban J connectivity index is 2.06. The van der Waals surface area contributed by atoms with Crippen molar-refractivity contribution in [3.05, 3.63) is 53.1 Å². The molecule has 1 saturated heterocycles. The molecule has 3 rings (SSSR count). The van der Waals surface area contributed by atoms with E-state index in [0.717, 1.165) is 23.4 Å². The van der Waals surface area contributed by atoms with E-state index in [-0.39, 0.29) is 0 Å². The highest BCUT2D eigenvalue weighted by Gasteiger charge is 2.38. The van der Waals surface area contributed by atoms with Crippen LogP contribution in [0.4, 0.5) is 18.0 Å². The minimum atomic E-state index is -2.90. The summed E-state index contributed by atoms with van der Waals surface area (Å²) in [4.78, 5) is 17.9. The van der Waals surface area contributed by atoms with Crippen molar-refractivity contribution in [2.75, 3.05) is 13.2 Å². The van der Waals surface area contributed by atoms with Crippen molar-refractivity contribution >= 4 is 21.8 Å². The number of halogens is 3. The van der Waals surface area contributed by atoms with Gasteiger partial charge in [-0.25, -0.2) is 18.0 Å². The Morgan fingerprint density at radius 1 is 1.27 bits per heavy atom. The van der Waals surface area contributed by atoms with Crippen LogP contribution in [0, 0.1) is 12.7 Å². The first-order valence-corrected chi connectivity index (χ1v) is 8.21. The molecule has 1 fully saturated rings. The number of pyridine rings is 1. The minimum Gasteiger partial charge on any atom is -0.448 e. The van der Waals surface area contributed by atoms with Gasteiger partial charge in [-0.2, -0.15) is 0 Å². The number of ether oxygens (including phenoxy) is 1. The summed E-state index contributed by atoms with van der Waals surface area (Å²) in [5.41, 5.74) is 1.86. The van der Waals surface area contributed by atoms with Crippen LogP contribution >= 0.6 is 0 Å². The number of carbonyl (C=O) groups is 1. The van der Waals surface area contributed by atoms with E-state index in [9.17, 15) is 18.0 Å². The molecule has 1 aromatic heterocycles. The molecule has 26 heavy (non-hydrogen) atoms. The van der Waals surface area contributed by atoms with Gasteiger partial charge in [0.05, 0.1) is 12.1 Å². The van der Waals surface area contributed by atoms with E-state index in [1.807, 2.05) is 22.6 Å². The highest BCUT2D eigenvalue weighted by Crippen LogP contribution is 2.32. The lowest BCUT2D eigenvalue weighted by atomic mass is 9.56. The van der Waals surface area contributed by atoms with Gasteiger partial charge in [0, 0.05) is 22.8 Å². The number of aryl methyl sites for hydroxylation is 1. The average Bonchev–Trinajstić information content (AvgIpc) is 3.02. The molecule has 0 bridgehead atoms. The van der Waals surface area contributed by atoms with Gasteiger partial charge >= 0.3 is 6.09 Å². The molecule has 4 nitrogen and oxygen atoms in total. The van der Waals surface area contributed by atoms with Gasteiger partial charge in [-0.1, -0.05) is 6.07 Å². The molecule has 0 spiro atoms. The van der Waals surface area contributed by atoms with Gasteiger partial charge < -0.3 is 9.64 Å². The molecule has 2 heterocycles. The standard InChI is InChI=1S/C17H17B2F3N2O2/c1-9-13(17(18,19)24-4-5-26-16(24)25)7-11(8-23-9)10-2-3-14(20)12(6-10)15(21)22/h2-3,6-8,15H,4-5,18-19H2,1H3. The second-order valence-corrected chi connectivity index (χ2v) is 6.72. The lowest BCUT2D eigenvalue weighted by Crippen LogP contribution is -2.48. The second-order valence-electron chi connectivity index (χ2n) is 6.72. The third-order valence-electron chi connectivity index (χ3n) is 4.75. The molecule has 1 aliphatic rings. The molecule has 1 amide bonds. The summed E-state index contributed by atoms with van der Waals surface area (Å²) in [5, 5.41) is -0.688. The number of nitrogens with zero attached hydrogens (tertiary/aromatic N) is 2. The van der Waals surface area contributed by atoms with Crippen molar-refractivity contribution in [2.45, 2.75) is 18.7 Å². The quantitative estimate of drug-likeness (QED) is 0.784. The molecule has 134 valence electrons. The maximum atomic E-state index is 13.6. The predicted octanol–water partition coefficient (Wildman–Crippen LogP) is 1.96. The predicted molar refractivity (Wildman–Crippen MR) is 96.1 cm³/mol. The molecule has 2 aromatic rings. The summed E-state index contributed by atoms with van der Waals surface area (Å²) in [5.74, 6) is -0.941. The number of hydrogen-bond acceptors (Lipinski definition) is 3. The number of alkyl halides is 2. The van der Waals surface area contributed by atoms with Gasteiger partial charge in [-0.3, -0.25) is 4.98 Å². The van der Waals surface area contributed by atoms with Crippen LogP contribution in [-0.4, -0.2) is 44.8 Å². The van der Waals surface area contributed by atoms with Crippen molar-refractivity contribution in [3.63, 3.8) is 0 Å². The van der Waals surface area contributed by atoms with Crippen molar-refractivity contribution in [2.24, 2.45) is 0 Å². The minimum absolute atomic E-state index is 0.324. The second kappa shape index (κ2) is 6.70. The zero-order valence-electron chi connectivity index (χ0n) is 14.7. The number of carbonyl (C=O) groups excluding carboxylic acids is 1. The van der Waals surface area contributed by atoms with Crippen molar-refractivity contribution in [1.29, 1.82) is 0 Å². The van der Waals surface area contributed by atoms with Crippen molar-refractivity contribution in [3.8, 4) is 11.1 Å². The molecule has 0 aliphatic carbocycles. The lowest BCUT2D eigenvalue weighted by molar-refractivity contribution is 0.146. The lowest BCUT2D eigenvalue weighted by Gasteiger charge is -2.35. The van der Waals surface area contributed by atoms with E-state index in [1.165, 1.54) is 6.07 Å². The summed E-state index contributed by atoms with van der Waals surface area (Å²) in [7, 11) is 3.76. The number of rotatable bonds is 4. The number of benzene rings is 1. The van der Waals surface area contributed by atoms with Crippen molar-refractivity contribution < 1.29 is 22.7 Å². The fourth-order valence-electron chi connectivity index (χ4n) is 3.25. The zero-order valence-corrected chi connectivity index (χ0v) is 14.7. The van der Waals surface area contributed by atoms with E-state index in [2.05, 4.69) is 4.98 Å². The first-order valence-electron chi connectivity index (χ1n) is 8.21. The Labute approximate surface area is 151 Å². The van der Waals surface area contributed by atoms with Gasteiger partial charge in [0.2, 0.25) is 0 Å². The van der Waals surface area contributed by atoms with Gasteiger partial charge in [-0.15, -0.1) is 0 Å². The first-order chi connectivity index (χ1) is 12.2. The molecular formula is C17H17B2F3N2O2. The monoisotopic (exact) mass is 360 g/mol. The summed E-state index contributed by atoms with van der Waals surface area (Å²) < 4.78 is 44.6. The molecular weight excluding hydrogens is 343 g/mol. The SMILES string of the molecule is BC(B)(c1cc(-c2ccc(F)c(C(F)F)c2)cnc1C)N1CCOC1=O. The first kappa shape index (κ1) is 18.4. The Hall–Kier alpha value is -2.44. The number of hydrogen-bond donors (Lipinski definition) is 0. The average molecular weight is 360 g/mol. The Morgan fingerprint density at radius 3 is 2.62 bits per heavy atom. The molecule has 0 radical (unpaired) electrons. The van der Waals surface area contributed by atoms with Crippen LogP contribution in [0.25, 0.3) is 11.1 Å². The fourth-order valence-corrected chi connectivity index (χ4v) is 3.25. The third kappa shape index (κ3) is 3.18. The van der Waals surface area contributed by atoms with Crippen LogP contribution in [0.2, 0.25) is 0 Å². The normalized spacial score (nSPS) is 14.8. The summed E-state index contributed by atoms with van der Waals surface area (Å²) >= 11 is 0. The summed E-state index contributed by atoms with van der Waals surface area (Å²) in [6, 6.07) is 5.40. The van der Waals surface area contributed by atoms with Crippen LogP contribution < -0.4 is 0 Å². The van der Waals surface area contributed by atoms with E-state index in [4.69, 9.17) is 4.74 Å². The smallest absolute Gasteiger partial charge is 0.409 e. The topological polar surface area (TPSA) is 42.4 Å². The summed E-state index contributed by atoms with van der Waals surface area (Å²) in [6.07, 6.45) is -1.75. The van der Waals surface area contributed by atoms with Gasteiger partial charge in [0.15, 0.2) is 0 Å². The van der Waals surface area contributed by atoms with E-state index >= 15 is 0 Å². The largest absolute Gasteiger partial charge is 0.448 e. The molecule has 0 N–H and O–H groups in total. The van der Waals surface area contributed by atoms with E-state index < -0.39 is 29.2 Å². The van der Waals surface area contributed by atoms with Crippen LogP contribution in [0.15, 0.2) is 30.5 Å². The van der Waals surface area contributed by atoms with Gasteiger partial charge in [0.25, 0.3) is 6.43 Å². The number of aromatic nitrogens is 1. The molecule has 0 saturated carbocycles. The van der Waals surface area contributed by atoms with Crippen molar-refractivity contribution in [1.82, 2.24) is 9.88 Å². The Bertz CT molecular complexity index is 862. The fraction of sp³-hybridized carbons (Fsp3) is 0.294. The van der Waals surface area contributed by atoms with E-state index in [0.29, 0.717) is 24.3 Å². The summed E-state index contributed by atoms with van der Waals surface area (Å²) in [6.45, 7) is 2.60. The number of cyclic esters (lactones) is 1. The maximum absolute atomic E-state index is 13.6. The van der Waals surface area contributed by atoms with Crippen LogP contribution in [0.5, 0.6) is 0 Å². The van der Waals surface area contributed by atoms with Gasteiger partial charge in [-0.05, 0) is 36.2 Å². The van der Waals surface area contributed by atoms with Crippen LogP contribution in [-0.2, 0) is 10.1 Å². The van der Waals surface area contributed by atoms with Crippen LogP contribution in [0.3, 0.4) is 0 Å². The Kier molecular flexibility index (Phi) is 4.73. The van der Waals surface area contributed by atoms with Gasteiger partial charge in [0.1, 0.15) is 28.1 Å². The Morgan fingerprint density at radius 2 is 2.00 bits per heavy atom. The number of amides is 1. The molecule has 0 unspecified atom stereocenters. The van der Waals surface area contributed by atoms with E-state index in [1.54, 1.807) is 17.2 Å². The maximum Gasteiger partial charge on any atom is 0.409 e. The van der Waals surface area contributed by atoms with Crippen LogP contribution in [0.1, 0.15) is 23.2 Å². The third-order valence-corrected chi connectivity index (χ3v) is 4.75. The molecule has 0 atom stereocenters. The molecule has 9 heteroatoms. The molecule has 1 aliphatic heterocycles. The molecule has 1 aromatic carbocycles.